The fraction of sp³-hybridized carbons (Fsp3) is 0.667. The third-order valence-corrected chi connectivity index (χ3v) is 3.08. The van der Waals surface area contributed by atoms with Crippen molar-refractivity contribution in [2.24, 2.45) is 0 Å². The van der Waals surface area contributed by atoms with E-state index in [2.05, 4.69) is 4.74 Å². The summed E-state index contributed by atoms with van der Waals surface area (Å²) in [6, 6.07) is 0. The van der Waals surface area contributed by atoms with Crippen molar-refractivity contribution in [3.05, 3.63) is 0 Å². The number of rotatable bonds is 4. The molecule has 1 rings (SSSR count). The second-order valence-electron chi connectivity index (χ2n) is 3.64. The van der Waals surface area contributed by atoms with Crippen molar-refractivity contribution in [1.82, 2.24) is 9.80 Å². The van der Waals surface area contributed by atoms with Gasteiger partial charge < -0.3 is 4.74 Å². The molecule has 6 nitrogen and oxygen atoms in total. The number of ether oxygens (including phenoxy) is 1. The average Bonchev–Trinajstić information content (AvgIpc) is 2.45. The van der Waals surface area contributed by atoms with Gasteiger partial charge in [-0.3, -0.25) is 24.2 Å². The van der Waals surface area contributed by atoms with Gasteiger partial charge in [-0.15, -0.1) is 0 Å². The molecule has 2 amide bonds. The summed E-state index contributed by atoms with van der Waals surface area (Å²) in [5.74, 6) is -0.806. The normalized spacial score (nSPS) is 20.8. The molecule has 1 saturated heterocycles. The van der Waals surface area contributed by atoms with E-state index in [-0.39, 0.29) is 24.2 Å². The molecule has 0 aliphatic carbocycles. The van der Waals surface area contributed by atoms with E-state index in [1.54, 1.807) is 19.0 Å². The van der Waals surface area contributed by atoms with Crippen molar-refractivity contribution in [2.75, 3.05) is 27.9 Å². The number of carbonyl (C=O) groups is 3. The van der Waals surface area contributed by atoms with Crippen LogP contribution in [-0.4, -0.2) is 60.0 Å². The largest absolute Gasteiger partial charge is 0.469 e. The lowest BCUT2D eigenvalue weighted by Crippen LogP contribution is -2.39. The topological polar surface area (TPSA) is 66.9 Å². The average molecular weight is 246 g/mol. The molecule has 0 bridgehead atoms. The van der Waals surface area contributed by atoms with Gasteiger partial charge in [-0.1, -0.05) is 11.8 Å². The Balaban J connectivity index is 2.63. The molecule has 1 aliphatic heterocycles. The molecule has 0 radical (unpaired) electrons. The van der Waals surface area contributed by atoms with E-state index in [0.717, 1.165) is 16.7 Å². The standard InChI is InChI=1S/C9H14N2O4S/c1-10(2)5-11-8(13)6(16-9(11)14)4-7(12)15-3/h6H,4-5H2,1-3H3. The van der Waals surface area contributed by atoms with E-state index in [9.17, 15) is 14.4 Å². The first-order valence-corrected chi connectivity index (χ1v) is 5.57. The van der Waals surface area contributed by atoms with Crippen LogP contribution in [-0.2, 0) is 14.3 Å². The first kappa shape index (κ1) is 13.0. The number of esters is 1. The van der Waals surface area contributed by atoms with Gasteiger partial charge in [0.15, 0.2) is 0 Å². The lowest BCUT2D eigenvalue weighted by molar-refractivity contribution is -0.142. The van der Waals surface area contributed by atoms with E-state index in [1.165, 1.54) is 7.11 Å². The number of hydrogen-bond donors (Lipinski definition) is 0. The molecule has 1 heterocycles. The third kappa shape index (κ3) is 2.96. The third-order valence-electron chi connectivity index (χ3n) is 2.01. The van der Waals surface area contributed by atoms with Gasteiger partial charge in [-0.2, -0.15) is 0 Å². The number of thioether (sulfide) groups is 1. The summed E-state index contributed by atoms with van der Waals surface area (Å²) in [7, 11) is 4.78. The van der Waals surface area contributed by atoms with Crippen LogP contribution in [0.15, 0.2) is 0 Å². The molecule has 7 heteroatoms. The Bertz CT molecular complexity index is 319. The Hall–Kier alpha value is -1.08. The Kier molecular flexibility index (Phi) is 4.31. The van der Waals surface area contributed by atoms with Crippen LogP contribution in [0.4, 0.5) is 4.79 Å². The van der Waals surface area contributed by atoms with Gasteiger partial charge in [0.25, 0.3) is 5.24 Å². The number of nitrogens with zero attached hydrogens (tertiary/aromatic N) is 2. The van der Waals surface area contributed by atoms with E-state index in [4.69, 9.17) is 0 Å². The molecule has 0 aromatic carbocycles. The van der Waals surface area contributed by atoms with Crippen LogP contribution in [0.5, 0.6) is 0 Å². The maximum absolute atomic E-state index is 11.8. The van der Waals surface area contributed by atoms with Gasteiger partial charge in [0, 0.05) is 0 Å². The number of imide groups is 1. The molecule has 1 atom stereocenters. The van der Waals surface area contributed by atoms with Crippen molar-refractivity contribution >= 4 is 28.9 Å². The molecule has 1 unspecified atom stereocenters. The molecular formula is C9H14N2O4S. The van der Waals surface area contributed by atoms with E-state index < -0.39 is 11.2 Å². The molecule has 1 aliphatic rings. The second kappa shape index (κ2) is 5.31. The molecule has 0 spiro atoms. The van der Waals surface area contributed by atoms with Crippen molar-refractivity contribution in [3.63, 3.8) is 0 Å². The van der Waals surface area contributed by atoms with Crippen LogP contribution < -0.4 is 0 Å². The Labute approximate surface area is 97.9 Å². The van der Waals surface area contributed by atoms with Crippen molar-refractivity contribution in [3.8, 4) is 0 Å². The highest BCUT2D eigenvalue weighted by molar-refractivity contribution is 8.15. The fourth-order valence-corrected chi connectivity index (χ4v) is 2.24. The zero-order valence-electron chi connectivity index (χ0n) is 9.43. The van der Waals surface area contributed by atoms with Gasteiger partial charge in [0.05, 0.1) is 20.2 Å². The SMILES string of the molecule is COC(=O)CC1SC(=O)N(CN(C)C)C1=O. The molecule has 16 heavy (non-hydrogen) atoms. The highest BCUT2D eigenvalue weighted by Crippen LogP contribution is 2.29. The maximum atomic E-state index is 11.8. The first-order chi connectivity index (χ1) is 7.45. The molecule has 0 aromatic heterocycles. The van der Waals surface area contributed by atoms with Gasteiger partial charge in [0.1, 0.15) is 5.25 Å². The van der Waals surface area contributed by atoms with Gasteiger partial charge in [-0.25, -0.2) is 0 Å². The van der Waals surface area contributed by atoms with Crippen molar-refractivity contribution in [1.29, 1.82) is 0 Å². The highest BCUT2D eigenvalue weighted by atomic mass is 32.2. The number of methoxy groups -OCH3 is 1. The smallest absolute Gasteiger partial charge is 0.307 e. The van der Waals surface area contributed by atoms with Crippen LogP contribution in [0.1, 0.15) is 6.42 Å². The molecule has 90 valence electrons. The summed E-state index contributed by atoms with van der Waals surface area (Å²) in [6.07, 6.45) is -0.0599. The van der Waals surface area contributed by atoms with Crippen molar-refractivity contribution < 1.29 is 19.1 Å². The van der Waals surface area contributed by atoms with Crippen LogP contribution in [0.25, 0.3) is 0 Å². The summed E-state index contributed by atoms with van der Waals surface area (Å²) < 4.78 is 4.47. The highest BCUT2D eigenvalue weighted by Gasteiger charge is 2.40. The zero-order chi connectivity index (χ0) is 12.3. The molecular weight excluding hydrogens is 232 g/mol. The lowest BCUT2D eigenvalue weighted by atomic mass is 10.3. The van der Waals surface area contributed by atoms with Crippen molar-refractivity contribution in [2.45, 2.75) is 11.7 Å². The molecule has 0 saturated carbocycles. The van der Waals surface area contributed by atoms with Gasteiger partial charge in [-0.05, 0) is 14.1 Å². The first-order valence-electron chi connectivity index (χ1n) is 4.69. The van der Waals surface area contributed by atoms with E-state index >= 15 is 0 Å². The predicted octanol–water partition coefficient (Wildman–Crippen LogP) is 0.133. The number of carbonyl (C=O) groups excluding carboxylic acids is 3. The minimum absolute atomic E-state index is 0.0599. The van der Waals surface area contributed by atoms with Gasteiger partial charge >= 0.3 is 5.97 Å². The molecule has 1 fully saturated rings. The van der Waals surface area contributed by atoms with Crippen LogP contribution in [0.2, 0.25) is 0 Å². The van der Waals surface area contributed by atoms with Crippen LogP contribution in [0, 0.1) is 0 Å². The summed E-state index contributed by atoms with van der Waals surface area (Å²) in [5, 5.41) is -0.951. The lowest BCUT2D eigenvalue weighted by Gasteiger charge is -2.18. The Morgan fingerprint density at radius 2 is 2.12 bits per heavy atom. The predicted molar refractivity (Wildman–Crippen MR) is 58.8 cm³/mol. The number of hydrogen-bond acceptors (Lipinski definition) is 6. The van der Waals surface area contributed by atoms with Gasteiger partial charge in [0.2, 0.25) is 5.91 Å². The zero-order valence-corrected chi connectivity index (χ0v) is 10.2. The quantitative estimate of drug-likeness (QED) is 0.657. The molecule has 0 N–H and O–H groups in total. The summed E-state index contributed by atoms with van der Waals surface area (Å²) >= 11 is 0.877. The summed E-state index contributed by atoms with van der Waals surface area (Å²) in [6.45, 7) is 0.238. The minimum Gasteiger partial charge on any atom is -0.469 e. The van der Waals surface area contributed by atoms with E-state index in [1.807, 2.05) is 0 Å². The molecule has 0 aromatic rings. The maximum Gasteiger partial charge on any atom is 0.307 e. The number of amides is 2. The van der Waals surface area contributed by atoms with E-state index in [0.29, 0.717) is 0 Å². The summed E-state index contributed by atoms with van der Waals surface area (Å²) in [4.78, 5) is 37.1. The summed E-state index contributed by atoms with van der Waals surface area (Å²) in [5.41, 5.74) is 0. The Morgan fingerprint density at radius 1 is 1.50 bits per heavy atom. The fourth-order valence-electron chi connectivity index (χ4n) is 1.27. The monoisotopic (exact) mass is 246 g/mol. The van der Waals surface area contributed by atoms with Crippen LogP contribution >= 0.6 is 11.8 Å². The minimum atomic E-state index is -0.639. The van der Waals surface area contributed by atoms with Crippen LogP contribution in [0.3, 0.4) is 0 Å². The Morgan fingerprint density at radius 3 is 2.62 bits per heavy atom. The second-order valence-corrected chi connectivity index (χ2v) is 4.79.